The van der Waals surface area contributed by atoms with E-state index < -0.39 is 24.6 Å². The van der Waals surface area contributed by atoms with E-state index in [1.165, 1.54) is 36.9 Å². The predicted molar refractivity (Wildman–Crippen MR) is 101 cm³/mol. The van der Waals surface area contributed by atoms with E-state index in [4.69, 9.17) is 9.47 Å². The number of carbonyl (C=O) groups excluding carboxylic acids is 2. The topological polar surface area (TPSA) is 73.9 Å². The molecular weight excluding hydrogens is 392 g/mol. The fourth-order valence-electron chi connectivity index (χ4n) is 2.10. The number of methoxy groups -OCH3 is 1. The van der Waals surface area contributed by atoms with E-state index >= 15 is 0 Å². The van der Waals surface area contributed by atoms with Crippen LogP contribution in [-0.4, -0.2) is 37.5 Å². The fourth-order valence-corrected chi connectivity index (χ4v) is 2.78. The molecule has 0 aliphatic rings. The van der Waals surface area contributed by atoms with Crippen LogP contribution in [0.25, 0.3) is 0 Å². The molecule has 0 aromatic heterocycles. The largest absolute Gasteiger partial charge is 0.497 e. The molecule has 2 aromatic carbocycles. The van der Waals surface area contributed by atoms with Gasteiger partial charge in [-0.25, -0.2) is 0 Å². The Kier molecular flexibility index (Phi) is 8.06. The molecule has 2 rings (SSSR count). The van der Waals surface area contributed by atoms with Gasteiger partial charge in [0, 0.05) is 4.90 Å². The van der Waals surface area contributed by atoms with Gasteiger partial charge in [-0.1, -0.05) is 12.1 Å². The molecule has 0 fully saturated rings. The number of nitrogens with one attached hydrogen (secondary N) is 1. The molecular formula is C19H19F2NO5S. The van der Waals surface area contributed by atoms with Gasteiger partial charge in [0.25, 0.3) is 5.91 Å². The molecule has 6 nitrogen and oxygen atoms in total. The summed E-state index contributed by atoms with van der Waals surface area (Å²) in [5.41, 5.74) is 0.0586. The number of para-hydroxylation sites is 2. The Hall–Kier alpha value is -2.81. The number of halogens is 2. The van der Waals surface area contributed by atoms with Crippen LogP contribution in [0.4, 0.5) is 14.5 Å². The second-order valence-corrected chi connectivity index (χ2v) is 6.51. The van der Waals surface area contributed by atoms with Crippen LogP contribution in [0.15, 0.2) is 53.4 Å². The summed E-state index contributed by atoms with van der Waals surface area (Å²) in [6.07, 6.45) is -1.11. The minimum absolute atomic E-state index is 0.00896. The van der Waals surface area contributed by atoms with Crippen LogP contribution in [-0.2, 0) is 14.3 Å². The lowest BCUT2D eigenvalue weighted by Gasteiger charge is -2.15. The van der Waals surface area contributed by atoms with Gasteiger partial charge in [0.1, 0.15) is 11.5 Å². The molecule has 0 radical (unpaired) electrons. The molecule has 9 heteroatoms. The molecule has 0 saturated heterocycles. The minimum Gasteiger partial charge on any atom is -0.497 e. The van der Waals surface area contributed by atoms with E-state index in [2.05, 4.69) is 10.1 Å². The van der Waals surface area contributed by atoms with Crippen molar-refractivity contribution in [3.8, 4) is 11.5 Å². The minimum atomic E-state index is -3.02. The third-order valence-corrected chi connectivity index (χ3v) is 4.44. The highest BCUT2D eigenvalue weighted by atomic mass is 32.2. The van der Waals surface area contributed by atoms with Gasteiger partial charge in [-0.3, -0.25) is 9.59 Å². The molecule has 0 saturated carbocycles. The molecule has 28 heavy (non-hydrogen) atoms. The number of anilines is 1. The van der Waals surface area contributed by atoms with Gasteiger partial charge in [0.15, 0.2) is 6.10 Å². The quantitative estimate of drug-likeness (QED) is 0.497. The average molecular weight is 411 g/mol. The number of amides is 1. The van der Waals surface area contributed by atoms with E-state index in [1.807, 2.05) is 0 Å². The second kappa shape index (κ2) is 10.5. The van der Waals surface area contributed by atoms with E-state index in [0.717, 1.165) is 4.90 Å². The molecule has 2 aromatic rings. The summed E-state index contributed by atoms with van der Waals surface area (Å²) in [7, 11) is 1.56. The highest BCUT2D eigenvalue weighted by Gasteiger charge is 2.20. The van der Waals surface area contributed by atoms with Crippen molar-refractivity contribution in [2.45, 2.75) is 24.5 Å². The Morgan fingerprint density at radius 1 is 1.11 bits per heavy atom. The lowest BCUT2D eigenvalue weighted by Crippen LogP contribution is -2.30. The fraction of sp³-hybridized carbons (Fsp3) is 0.263. The van der Waals surface area contributed by atoms with Crippen molar-refractivity contribution in [3.63, 3.8) is 0 Å². The maximum absolute atomic E-state index is 12.4. The van der Waals surface area contributed by atoms with Crippen LogP contribution < -0.4 is 14.8 Å². The van der Waals surface area contributed by atoms with Gasteiger partial charge in [0.2, 0.25) is 0 Å². The van der Waals surface area contributed by atoms with Crippen molar-refractivity contribution in [1.82, 2.24) is 0 Å². The number of hydrogen-bond donors (Lipinski definition) is 1. The molecule has 0 spiro atoms. The molecule has 150 valence electrons. The first-order valence-electron chi connectivity index (χ1n) is 8.20. The summed E-state index contributed by atoms with van der Waals surface area (Å²) in [6, 6.07) is 12.9. The van der Waals surface area contributed by atoms with Crippen molar-refractivity contribution >= 4 is 29.3 Å². The standard InChI is InChI=1S/C19H19F2NO5S/c1-12(18(24)22-15-5-3-4-6-16(15)27-19(20)21)26-17(23)11-28-14-9-7-13(25-2)8-10-14/h3-10,12,19H,11H2,1-2H3,(H,22,24)/t12-/m0/s1. The summed E-state index contributed by atoms with van der Waals surface area (Å²) in [4.78, 5) is 25.0. The molecule has 0 aliphatic heterocycles. The summed E-state index contributed by atoms with van der Waals surface area (Å²) in [5, 5.41) is 2.41. The highest BCUT2D eigenvalue weighted by Crippen LogP contribution is 2.26. The van der Waals surface area contributed by atoms with Gasteiger partial charge >= 0.3 is 12.6 Å². The number of alkyl halides is 2. The zero-order chi connectivity index (χ0) is 20.5. The van der Waals surface area contributed by atoms with Crippen LogP contribution in [0.2, 0.25) is 0 Å². The molecule has 0 aliphatic carbocycles. The van der Waals surface area contributed by atoms with E-state index in [9.17, 15) is 18.4 Å². The van der Waals surface area contributed by atoms with Gasteiger partial charge < -0.3 is 19.5 Å². The van der Waals surface area contributed by atoms with Gasteiger partial charge in [0.05, 0.1) is 18.6 Å². The van der Waals surface area contributed by atoms with Crippen LogP contribution >= 0.6 is 11.8 Å². The van der Waals surface area contributed by atoms with Crippen molar-refractivity contribution in [3.05, 3.63) is 48.5 Å². The number of ether oxygens (including phenoxy) is 3. The third kappa shape index (κ3) is 6.73. The summed E-state index contributed by atoms with van der Waals surface area (Å²) >= 11 is 1.25. The maximum Gasteiger partial charge on any atom is 0.387 e. The summed E-state index contributed by atoms with van der Waals surface area (Å²) in [5.74, 6) is -0.712. The number of benzene rings is 2. The molecule has 0 heterocycles. The highest BCUT2D eigenvalue weighted by molar-refractivity contribution is 8.00. The number of esters is 1. The Labute approximate surface area is 165 Å². The molecule has 1 N–H and O–H groups in total. The zero-order valence-electron chi connectivity index (χ0n) is 15.2. The van der Waals surface area contributed by atoms with E-state index in [-0.39, 0.29) is 17.2 Å². The van der Waals surface area contributed by atoms with Crippen LogP contribution in [0.1, 0.15) is 6.92 Å². The van der Waals surface area contributed by atoms with Crippen molar-refractivity contribution in [2.75, 3.05) is 18.2 Å². The number of carbonyl (C=O) groups is 2. The van der Waals surface area contributed by atoms with Crippen molar-refractivity contribution < 1.29 is 32.6 Å². The van der Waals surface area contributed by atoms with Crippen LogP contribution in [0, 0.1) is 0 Å². The zero-order valence-corrected chi connectivity index (χ0v) is 16.0. The first-order valence-corrected chi connectivity index (χ1v) is 9.18. The number of hydrogen-bond acceptors (Lipinski definition) is 6. The van der Waals surface area contributed by atoms with Crippen LogP contribution in [0.3, 0.4) is 0 Å². The predicted octanol–water partition coefficient (Wildman–Crippen LogP) is 3.96. The lowest BCUT2D eigenvalue weighted by atomic mass is 10.2. The summed E-state index contributed by atoms with van der Waals surface area (Å²) < 4.78 is 39.3. The molecule has 0 bridgehead atoms. The van der Waals surface area contributed by atoms with Crippen LogP contribution in [0.5, 0.6) is 11.5 Å². The lowest BCUT2D eigenvalue weighted by molar-refractivity contribution is -0.150. The molecule has 1 atom stereocenters. The Morgan fingerprint density at radius 2 is 1.79 bits per heavy atom. The van der Waals surface area contributed by atoms with Crippen molar-refractivity contribution in [2.24, 2.45) is 0 Å². The third-order valence-electron chi connectivity index (χ3n) is 3.45. The Morgan fingerprint density at radius 3 is 2.43 bits per heavy atom. The van der Waals surface area contributed by atoms with E-state index in [1.54, 1.807) is 37.4 Å². The summed E-state index contributed by atoms with van der Waals surface area (Å²) in [6.45, 7) is -1.63. The normalized spacial score (nSPS) is 11.6. The number of rotatable bonds is 9. The monoisotopic (exact) mass is 411 g/mol. The first-order chi connectivity index (χ1) is 13.4. The smallest absolute Gasteiger partial charge is 0.387 e. The SMILES string of the molecule is COc1ccc(SCC(=O)O[C@@H](C)C(=O)Nc2ccccc2OC(F)F)cc1. The maximum atomic E-state index is 12.4. The van der Waals surface area contributed by atoms with Gasteiger partial charge in [-0.2, -0.15) is 8.78 Å². The van der Waals surface area contributed by atoms with Gasteiger partial charge in [-0.15, -0.1) is 11.8 Å². The molecule has 0 unspecified atom stereocenters. The second-order valence-electron chi connectivity index (χ2n) is 5.46. The van der Waals surface area contributed by atoms with E-state index in [0.29, 0.717) is 5.75 Å². The first kappa shape index (κ1) is 21.5. The van der Waals surface area contributed by atoms with Gasteiger partial charge in [-0.05, 0) is 43.3 Å². The van der Waals surface area contributed by atoms with Crippen molar-refractivity contribution in [1.29, 1.82) is 0 Å². The molecule has 1 amide bonds. The Bertz CT molecular complexity index is 801. The average Bonchev–Trinajstić information content (AvgIpc) is 2.67. The Balaban J connectivity index is 1.85. The number of thioether (sulfide) groups is 1.